The minimum atomic E-state index is -0.651. The predicted molar refractivity (Wildman–Crippen MR) is 70.6 cm³/mol. The minimum absolute atomic E-state index is 0.0539. The summed E-state index contributed by atoms with van der Waals surface area (Å²) in [5.74, 6) is -2.46. The van der Waals surface area contributed by atoms with Gasteiger partial charge in [0.25, 0.3) is 0 Å². The van der Waals surface area contributed by atoms with Gasteiger partial charge in [-0.15, -0.1) is 0 Å². The average Bonchev–Trinajstić information content (AvgIpc) is 2.46. The van der Waals surface area contributed by atoms with Crippen molar-refractivity contribution in [3.8, 4) is 5.75 Å². The fourth-order valence-electron chi connectivity index (χ4n) is 2.14. The Morgan fingerprint density at radius 3 is 2.67 bits per heavy atom. The standard InChI is InChI=1S/C16H9F3O2/c17-11-4-5-13(18)9(7-11)6-10-8-21-16-12(15(10)20)2-1-3-14(16)19/h1-7H,8H2/b10-6+. The van der Waals surface area contributed by atoms with Crippen molar-refractivity contribution in [2.75, 3.05) is 6.61 Å². The second-order valence-corrected chi connectivity index (χ2v) is 4.57. The summed E-state index contributed by atoms with van der Waals surface area (Å²) < 4.78 is 45.4. The number of rotatable bonds is 1. The normalized spacial score (nSPS) is 15.8. The highest BCUT2D eigenvalue weighted by Crippen LogP contribution is 2.30. The molecule has 1 aliphatic heterocycles. The molecule has 1 heterocycles. The number of halogens is 3. The Balaban J connectivity index is 2.04. The van der Waals surface area contributed by atoms with E-state index in [1.54, 1.807) is 0 Å². The maximum absolute atomic E-state index is 13.6. The van der Waals surface area contributed by atoms with E-state index in [-0.39, 0.29) is 29.1 Å². The molecule has 2 aromatic carbocycles. The first-order valence-corrected chi connectivity index (χ1v) is 6.18. The van der Waals surface area contributed by atoms with Gasteiger partial charge in [0.05, 0.1) is 5.56 Å². The van der Waals surface area contributed by atoms with Crippen molar-refractivity contribution < 1.29 is 22.7 Å². The van der Waals surface area contributed by atoms with E-state index in [0.29, 0.717) is 0 Å². The Hall–Kier alpha value is -2.56. The van der Waals surface area contributed by atoms with Gasteiger partial charge in [-0.05, 0) is 36.4 Å². The second kappa shape index (κ2) is 5.09. The monoisotopic (exact) mass is 290 g/mol. The molecule has 0 saturated carbocycles. The number of fused-ring (bicyclic) bond motifs is 1. The molecule has 0 radical (unpaired) electrons. The van der Waals surface area contributed by atoms with E-state index >= 15 is 0 Å². The fraction of sp³-hybridized carbons (Fsp3) is 0.0625. The summed E-state index contributed by atoms with van der Waals surface area (Å²) >= 11 is 0. The van der Waals surface area contributed by atoms with Crippen LogP contribution in [-0.2, 0) is 0 Å². The third-order valence-corrected chi connectivity index (χ3v) is 3.16. The maximum Gasteiger partial charge on any atom is 0.196 e. The van der Waals surface area contributed by atoms with Crippen molar-refractivity contribution in [1.29, 1.82) is 0 Å². The Morgan fingerprint density at radius 2 is 1.86 bits per heavy atom. The van der Waals surface area contributed by atoms with Crippen molar-refractivity contribution in [3.05, 3.63) is 70.5 Å². The van der Waals surface area contributed by atoms with Gasteiger partial charge in [0.2, 0.25) is 0 Å². The topological polar surface area (TPSA) is 26.3 Å². The summed E-state index contributed by atoms with van der Waals surface area (Å²) in [6.07, 6.45) is 1.22. The summed E-state index contributed by atoms with van der Waals surface area (Å²) in [5.41, 5.74) is 0.156. The van der Waals surface area contributed by atoms with E-state index in [1.165, 1.54) is 24.3 Å². The van der Waals surface area contributed by atoms with Gasteiger partial charge >= 0.3 is 0 Å². The van der Waals surface area contributed by atoms with Crippen LogP contribution in [-0.4, -0.2) is 12.4 Å². The average molecular weight is 290 g/mol. The lowest BCUT2D eigenvalue weighted by Gasteiger charge is -2.19. The van der Waals surface area contributed by atoms with Crippen molar-refractivity contribution in [1.82, 2.24) is 0 Å². The summed E-state index contributed by atoms with van der Waals surface area (Å²) in [4.78, 5) is 12.2. The predicted octanol–water partition coefficient (Wildman–Crippen LogP) is 3.76. The number of ketones is 1. The van der Waals surface area contributed by atoms with Crippen LogP contribution in [0.4, 0.5) is 13.2 Å². The molecule has 0 unspecified atom stereocenters. The van der Waals surface area contributed by atoms with Crippen LogP contribution in [0.1, 0.15) is 15.9 Å². The number of para-hydroxylation sites is 1. The molecular formula is C16H9F3O2. The number of Topliss-reactive ketones (excluding diaryl/α,β-unsaturated/α-hetero) is 1. The molecule has 3 rings (SSSR count). The van der Waals surface area contributed by atoms with Crippen LogP contribution in [0.2, 0.25) is 0 Å². The Morgan fingerprint density at radius 1 is 1.05 bits per heavy atom. The smallest absolute Gasteiger partial charge is 0.196 e. The van der Waals surface area contributed by atoms with Gasteiger partial charge in [-0.3, -0.25) is 4.79 Å². The van der Waals surface area contributed by atoms with Crippen LogP contribution < -0.4 is 4.74 Å². The number of benzene rings is 2. The second-order valence-electron chi connectivity index (χ2n) is 4.57. The molecule has 0 spiro atoms. The number of hydrogen-bond acceptors (Lipinski definition) is 2. The van der Waals surface area contributed by atoms with Crippen LogP contribution in [0.5, 0.6) is 5.75 Å². The van der Waals surface area contributed by atoms with Crippen molar-refractivity contribution >= 4 is 11.9 Å². The SMILES string of the molecule is O=C1/C(=C/c2cc(F)ccc2F)COc2c(F)cccc21. The van der Waals surface area contributed by atoms with Gasteiger partial charge in [0.1, 0.15) is 18.2 Å². The zero-order chi connectivity index (χ0) is 15.0. The first kappa shape index (κ1) is 13.4. The third kappa shape index (κ3) is 2.42. The van der Waals surface area contributed by atoms with E-state index in [2.05, 4.69) is 0 Å². The molecule has 21 heavy (non-hydrogen) atoms. The van der Waals surface area contributed by atoms with Gasteiger partial charge < -0.3 is 4.74 Å². The summed E-state index contributed by atoms with van der Waals surface area (Å²) in [7, 11) is 0. The lowest BCUT2D eigenvalue weighted by atomic mass is 9.98. The number of ether oxygens (including phenoxy) is 1. The molecule has 0 amide bonds. The van der Waals surface area contributed by atoms with Crippen LogP contribution in [0.25, 0.3) is 6.08 Å². The van der Waals surface area contributed by atoms with E-state index < -0.39 is 23.2 Å². The Kier molecular flexibility index (Phi) is 3.25. The Labute approximate surface area is 118 Å². The lowest BCUT2D eigenvalue weighted by molar-refractivity contribution is 0.0998. The molecule has 1 aliphatic rings. The summed E-state index contributed by atoms with van der Waals surface area (Å²) in [6.45, 7) is -0.192. The third-order valence-electron chi connectivity index (χ3n) is 3.16. The number of carbonyl (C=O) groups is 1. The largest absolute Gasteiger partial charge is 0.485 e. The molecule has 2 aromatic rings. The van der Waals surface area contributed by atoms with Crippen LogP contribution in [0.3, 0.4) is 0 Å². The highest BCUT2D eigenvalue weighted by atomic mass is 19.1. The van der Waals surface area contributed by atoms with Crippen LogP contribution >= 0.6 is 0 Å². The Bertz CT molecular complexity index is 766. The molecular weight excluding hydrogens is 281 g/mol. The minimum Gasteiger partial charge on any atom is -0.485 e. The van der Waals surface area contributed by atoms with Crippen LogP contribution in [0.15, 0.2) is 42.0 Å². The molecule has 0 bridgehead atoms. The van der Waals surface area contributed by atoms with Crippen molar-refractivity contribution in [2.24, 2.45) is 0 Å². The fourth-order valence-corrected chi connectivity index (χ4v) is 2.14. The first-order valence-electron chi connectivity index (χ1n) is 6.18. The molecule has 2 nitrogen and oxygen atoms in total. The van der Waals surface area contributed by atoms with Gasteiger partial charge in [0.15, 0.2) is 17.3 Å². The van der Waals surface area contributed by atoms with E-state index in [9.17, 15) is 18.0 Å². The van der Waals surface area contributed by atoms with E-state index in [1.807, 2.05) is 0 Å². The molecule has 0 atom stereocenters. The first-order chi connectivity index (χ1) is 10.1. The maximum atomic E-state index is 13.6. The van der Waals surface area contributed by atoms with Gasteiger partial charge in [-0.1, -0.05) is 6.07 Å². The van der Waals surface area contributed by atoms with Crippen LogP contribution in [0, 0.1) is 17.5 Å². The number of hydrogen-bond donors (Lipinski definition) is 0. The summed E-state index contributed by atoms with van der Waals surface area (Å²) in [5, 5.41) is 0. The van der Waals surface area contributed by atoms with E-state index in [4.69, 9.17) is 4.74 Å². The zero-order valence-corrected chi connectivity index (χ0v) is 10.7. The van der Waals surface area contributed by atoms with Gasteiger partial charge in [-0.2, -0.15) is 0 Å². The molecule has 0 N–H and O–H groups in total. The van der Waals surface area contributed by atoms with Gasteiger partial charge in [0, 0.05) is 11.1 Å². The lowest BCUT2D eigenvalue weighted by Crippen LogP contribution is -2.20. The van der Waals surface area contributed by atoms with Crippen molar-refractivity contribution in [3.63, 3.8) is 0 Å². The zero-order valence-electron chi connectivity index (χ0n) is 10.7. The quantitative estimate of drug-likeness (QED) is 0.747. The summed E-state index contributed by atoms with van der Waals surface area (Å²) in [6, 6.07) is 6.95. The molecule has 0 aliphatic carbocycles. The van der Waals surface area contributed by atoms with Gasteiger partial charge in [-0.25, -0.2) is 13.2 Å². The molecule has 106 valence electrons. The van der Waals surface area contributed by atoms with Crippen molar-refractivity contribution in [2.45, 2.75) is 0 Å². The molecule has 5 heteroatoms. The molecule has 0 fully saturated rings. The number of carbonyl (C=O) groups excluding carboxylic acids is 1. The molecule has 0 saturated heterocycles. The highest BCUT2D eigenvalue weighted by molar-refractivity contribution is 6.14. The molecule has 0 aromatic heterocycles. The highest BCUT2D eigenvalue weighted by Gasteiger charge is 2.25. The van der Waals surface area contributed by atoms with E-state index in [0.717, 1.165) is 18.2 Å².